The number of anilines is 1. The second kappa shape index (κ2) is 8.69. The minimum absolute atomic E-state index is 0.154. The molecule has 0 aromatic heterocycles. The van der Waals surface area contributed by atoms with Crippen LogP contribution in [0.3, 0.4) is 0 Å². The third kappa shape index (κ3) is 4.27. The van der Waals surface area contributed by atoms with Crippen molar-refractivity contribution in [2.75, 3.05) is 12.1 Å². The van der Waals surface area contributed by atoms with E-state index in [1.54, 1.807) is 25.1 Å². The fourth-order valence-corrected chi connectivity index (χ4v) is 3.27. The molecular weight excluding hydrogens is 382 g/mol. The SMILES string of the molecule is C[C@@H](OC(=O)C(c1ccccc1)c1ccccc1)C(=O)Nc1ccc2c(c1)OCO2. The summed E-state index contributed by atoms with van der Waals surface area (Å²) < 4.78 is 16.1. The molecule has 1 N–H and O–H groups in total. The number of carbonyl (C=O) groups excluding carboxylic acids is 2. The van der Waals surface area contributed by atoms with Gasteiger partial charge in [-0.1, -0.05) is 60.7 Å². The maximum atomic E-state index is 13.0. The predicted molar refractivity (Wildman–Crippen MR) is 111 cm³/mol. The highest BCUT2D eigenvalue weighted by atomic mass is 16.7. The zero-order chi connectivity index (χ0) is 20.9. The molecule has 4 rings (SSSR count). The zero-order valence-corrected chi connectivity index (χ0v) is 16.4. The van der Waals surface area contributed by atoms with Crippen LogP contribution in [0.1, 0.15) is 24.0 Å². The molecule has 6 nitrogen and oxygen atoms in total. The Morgan fingerprint density at radius 2 is 1.47 bits per heavy atom. The Hall–Kier alpha value is -3.80. The van der Waals surface area contributed by atoms with Gasteiger partial charge in [0.1, 0.15) is 5.92 Å². The number of nitrogens with one attached hydrogen (secondary N) is 1. The van der Waals surface area contributed by atoms with E-state index in [1.807, 2.05) is 60.7 Å². The number of carbonyl (C=O) groups is 2. The monoisotopic (exact) mass is 403 g/mol. The van der Waals surface area contributed by atoms with Gasteiger partial charge in [-0.25, -0.2) is 0 Å². The van der Waals surface area contributed by atoms with Crippen molar-refractivity contribution >= 4 is 17.6 Å². The van der Waals surface area contributed by atoms with E-state index >= 15 is 0 Å². The van der Waals surface area contributed by atoms with Gasteiger partial charge in [-0.3, -0.25) is 9.59 Å². The van der Waals surface area contributed by atoms with Gasteiger partial charge in [-0.2, -0.15) is 0 Å². The summed E-state index contributed by atoms with van der Waals surface area (Å²) in [5, 5.41) is 2.74. The Bertz CT molecular complexity index is 996. The van der Waals surface area contributed by atoms with Crippen LogP contribution >= 0.6 is 0 Å². The van der Waals surface area contributed by atoms with Crippen molar-refractivity contribution in [2.45, 2.75) is 18.9 Å². The van der Waals surface area contributed by atoms with Crippen LogP contribution in [-0.4, -0.2) is 24.8 Å². The van der Waals surface area contributed by atoms with Crippen LogP contribution in [0.2, 0.25) is 0 Å². The number of hydrogen-bond acceptors (Lipinski definition) is 5. The quantitative estimate of drug-likeness (QED) is 0.627. The molecule has 0 radical (unpaired) electrons. The summed E-state index contributed by atoms with van der Waals surface area (Å²) in [5.74, 6) is -0.345. The van der Waals surface area contributed by atoms with E-state index in [0.717, 1.165) is 11.1 Å². The minimum atomic E-state index is -0.974. The van der Waals surface area contributed by atoms with Crippen LogP contribution < -0.4 is 14.8 Å². The van der Waals surface area contributed by atoms with E-state index in [4.69, 9.17) is 14.2 Å². The van der Waals surface area contributed by atoms with Gasteiger partial charge in [0.25, 0.3) is 5.91 Å². The van der Waals surface area contributed by atoms with E-state index < -0.39 is 23.9 Å². The Morgan fingerprint density at radius 3 is 2.10 bits per heavy atom. The standard InChI is InChI=1S/C24H21NO5/c1-16(23(26)25-19-12-13-20-21(14-19)29-15-28-20)30-24(27)22(17-8-4-2-5-9-17)18-10-6-3-7-11-18/h2-14,16,22H,15H2,1H3,(H,25,26)/t16-/m1/s1. The van der Waals surface area contributed by atoms with Gasteiger partial charge in [0.05, 0.1) is 0 Å². The zero-order valence-electron chi connectivity index (χ0n) is 16.4. The van der Waals surface area contributed by atoms with Crippen molar-refractivity contribution in [3.05, 3.63) is 90.0 Å². The van der Waals surface area contributed by atoms with E-state index in [1.165, 1.54) is 0 Å². The summed E-state index contributed by atoms with van der Waals surface area (Å²) in [6.07, 6.45) is -0.974. The van der Waals surface area contributed by atoms with Gasteiger partial charge in [-0.05, 0) is 30.2 Å². The molecule has 0 spiro atoms. The molecule has 6 heteroatoms. The maximum Gasteiger partial charge on any atom is 0.318 e. The van der Waals surface area contributed by atoms with Crippen molar-refractivity contribution in [1.29, 1.82) is 0 Å². The molecule has 1 amide bonds. The molecule has 0 unspecified atom stereocenters. The molecule has 0 fully saturated rings. The maximum absolute atomic E-state index is 13.0. The highest BCUT2D eigenvalue weighted by molar-refractivity contribution is 5.96. The topological polar surface area (TPSA) is 73.9 Å². The van der Waals surface area contributed by atoms with E-state index in [2.05, 4.69) is 5.32 Å². The van der Waals surface area contributed by atoms with Crippen molar-refractivity contribution < 1.29 is 23.8 Å². The molecule has 30 heavy (non-hydrogen) atoms. The summed E-state index contributed by atoms with van der Waals surface area (Å²) in [6.45, 7) is 1.70. The van der Waals surface area contributed by atoms with Crippen LogP contribution in [0.4, 0.5) is 5.69 Å². The van der Waals surface area contributed by atoms with E-state index in [-0.39, 0.29) is 6.79 Å². The van der Waals surface area contributed by atoms with Crippen LogP contribution in [0, 0.1) is 0 Å². The van der Waals surface area contributed by atoms with Gasteiger partial charge < -0.3 is 19.5 Å². The first-order valence-corrected chi connectivity index (χ1v) is 9.63. The lowest BCUT2D eigenvalue weighted by Crippen LogP contribution is -2.32. The molecular formula is C24H21NO5. The summed E-state index contributed by atoms with van der Waals surface area (Å²) in [4.78, 5) is 25.6. The second-order valence-corrected chi connectivity index (χ2v) is 6.89. The van der Waals surface area contributed by atoms with Crippen molar-refractivity contribution in [2.24, 2.45) is 0 Å². The number of rotatable bonds is 6. The van der Waals surface area contributed by atoms with E-state index in [9.17, 15) is 9.59 Å². The number of amides is 1. The molecule has 3 aromatic rings. The Balaban J connectivity index is 1.47. The number of benzene rings is 3. The number of fused-ring (bicyclic) bond motifs is 1. The molecule has 0 saturated carbocycles. The van der Waals surface area contributed by atoms with Crippen molar-refractivity contribution in [3.8, 4) is 11.5 Å². The van der Waals surface area contributed by atoms with Crippen LogP contribution in [0.15, 0.2) is 78.9 Å². The van der Waals surface area contributed by atoms with E-state index in [0.29, 0.717) is 17.2 Å². The van der Waals surface area contributed by atoms with Crippen molar-refractivity contribution in [3.63, 3.8) is 0 Å². The van der Waals surface area contributed by atoms with Crippen LogP contribution in [0.25, 0.3) is 0 Å². The summed E-state index contributed by atoms with van der Waals surface area (Å²) in [5.41, 5.74) is 2.14. The first-order chi connectivity index (χ1) is 14.6. The Labute approximate surface area is 174 Å². The molecule has 0 saturated heterocycles. The average molecular weight is 403 g/mol. The first-order valence-electron chi connectivity index (χ1n) is 9.63. The molecule has 1 atom stereocenters. The largest absolute Gasteiger partial charge is 0.454 e. The van der Waals surface area contributed by atoms with Gasteiger partial charge in [0.15, 0.2) is 17.6 Å². The highest BCUT2D eigenvalue weighted by Crippen LogP contribution is 2.34. The molecule has 152 valence electrons. The third-order valence-electron chi connectivity index (χ3n) is 4.80. The third-order valence-corrected chi connectivity index (χ3v) is 4.80. The van der Waals surface area contributed by atoms with Gasteiger partial charge >= 0.3 is 5.97 Å². The number of ether oxygens (including phenoxy) is 3. The second-order valence-electron chi connectivity index (χ2n) is 6.89. The molecule has 1 aliphatic rings. The molecule has 3 aromatic carbocycles. The molecule has 1 aliphatic heterocycles. The van der Waals surface area contributed by atoms with Crippen LogP contribution in [0.5, 0.6) is 11.5 Å². The number of esters is 1. The highest BCUT2D eigenvalue weighted by Gasteiger charge is 2.28. The smallest absolute Gasteiger partial charge is 0.318 e. The van der Waals surface area contributed by atoms with Crippen LogP contribution in [-0.2, 0) is 14.3 Å². The van der Waals surface area contributed by atoms with Gasteiger partial charge in [0.2, 0.25) is 6.79 Å². The summed E-state index contributed by atoms with van der Waals surface area (Å²) in [7, 11) is 0. The molecule has 1 heterocycles. The predicted octanol–water partition coefficient (Wildman–Crippen LogP) is 4.12. The number of hydrogen-bond donors (Lipinski definition) is 1. The fraction of sp³-hybridized carbons (Fsp3) is 0.167. The Morgan fingerprint density at radius 1 is 0.867 bits per heavy atom. The lowest BCUT2D eigenvalue weighted by Gasteiger charge is -2.20. The molecule has 0 bridgehead atoms. The first kappa shape index (κ1) is 19.5. The Kier molecular flexibility index (Phi) is 5.66. The molecule has 0 aliphatic carbocycles. The van der Waals surface area contributed by atoms with Gasteiger partial charge in [-0.15, -0.1) is 0 Å². The average Bonchev–Trinajstić information content (AvgIpc) is 3.23. The lowest BCUT2D eigenvalue weighted by molar-refractivity contribution is -0.153. The fourth-order valence-electron chi connectivity index (χ4n) is 3.27. The summed E-state index contributed by atoms with van der Waals surface area (Å²) in [6, 6.07) is 23.8. The summed E-state index contributed by atoms with van der Waals surface area (Å²) >= 11 is 0. The van der Waals surface area contributed by atoms with Gasteiger partial charge in [0, 0.05) is 11.8 Å². The minimum Gasteiger partial charge on any atom is -0.454 e. The normalized spacial score (nSPS) is 13.0. The lowest BCUT2D eigenvalue weighted by atomic mass is 9.91. The van der Waals surface area contributed by atoms with Crippen molar-refractivity contribution in [1.82, 2.24) is 0 Å².